The van der Waals surface area contributed by atoms with Gasteiger partial charge in [-0.1, -0.05) is 0 Å². The Morgan fingerprint density at radius 3 is 2.75 bits per heavy atom. The highest BCUT2D eigenvalue weighted by Crippen LogP contribution is 2.13. The van der Waals surface area contributed by atoms with Gasteiger partial charge in [0.1, 0.15) is 5.82 Å². The van der Waals surface area contributed by atoms with Crippen molar-refractivity contribution in [3.8, 4) is 0 Å². The van der Waals surface area contributed by atoms with Crippen LogP contribution in [0.4, 0.5) is 8.78 Å². The fraction of sp³-hybridized carbons (Fsp3) is 0.438. The van der Waals surface area contributed by atoms with Crippen LogP contribution < -0.4 is 0 Å². The monoisotopic (exact) mass is 335 g/mol. The number of nitrogens with zero attached hydrogens (tertiary/aromatic N) is 5. The fourth-order valence-electron chi connectivity index (χ4n) is 2.87. The molecule has 0 saturated carbocycles. The van der Waals surface area contributed by atoms with Crippen LogP contribution in [0, 0.1) is 11.6 Å². The van der Waals surface area contributed by atoms with Crippen molar-refractivity contribution in [2.75, 3.05) is 26.2 Å². The maximum absolute atomic E-state index is 13.8. The Hall–Kier alpha value is -2.35. The van der Waals surface area contributed by atoms with Gasteiger partial charge in [0.2, 0.25) is 0 Å². The molecule has 1 amide bonds. The number of hydrogen-bond acceptors (Lipinski definition) is 4. The van der Waals surface area contributed by atoms with Gasteiger partial charge in [-0.25, -0.2) is 13.8 Å². The van der Waals surface area contributed by atoms with Gasteiger partial charge in [-0.15, -0.1) is 0 Å². The lowest BCUT2D eigenvalue weighted by atomic mass is 10.3. The topological polar surface area (TPSA) is 54.3 Å². The third-order valence-electron chi connectivity index (χ3n) is 4.05. The molecule has 0 aromatic carbocycles. The van der Waals surface area contributed by atoms with Crippen LogP contribution in [0.5, 0.6) is 0 Å². The van der Waals surface area contributed by atoms with E-state index in [1.165, 1.54) is 0 Å². The van der Waals surface area contributed by atoms with Gasteiger partial charge in [0, 0.05) is 57.6 Å². The van der Waals surface area contributed by atoms with Crippen LogP contribution in [0.15, 0.2) is 24.7 Å². The number of aromatic nitrogens is 3. The zero-order valence-electron chi connectivity index (χ0n) is 13.5. The van der Waals surface area contributed by atoms with E-state index in [0.29, 0.717) is 25.7 Å². The lowest BCUT2D eigenvalue weighted by Gasteiger charge is -2.21. The summed E-state index contributed by atoms with van der Waals surface area (Å²) in [6.07, 6.45) is 5.44. The average molecular weight is 335 g/mol. The number of halogens is 2. The Morgan fingerprint density at radius 2 is 2.04 bits per heavy atom. The van der Waals surface area contributed by atoms with E-state index in [4.69, 9.17) is 0 Å². The summed E-state index contributed by atoms with van der Waals surface area (Å²) in [6.45, 7) is 3.30. The van der Waals surface area contributed by atoms with Crippen molar-refractivity contribution in [3.63, 3.8) is 0 Å². The second-order valence-corrected chi connectivity index (χ2v) is 5.93. The van der Waals surface area contributed by atoms with E-state index >= 15 is 0 Å². The number of pyridine rings is 1. The predicted molar refractivity (Wildman–Crippen MR) is 83.2 cm³/mol. The van der Waals surface area contributed by atoms with Gasteiger partial charge in [0.25, 0.3) is 5.91 Å². The molecule has 6 nitrogen and oxygen atoms in total. The molecule has 0 radical (unpaired) electrons. The highest BCUT2D eigenvalue weighted by molar-refractivity contribution is 5.92. The van der Waals surface area contributed by atoms with Gasteiger partial charge >= 0.3 is 0 Å². The third-order valence-corrected chi connectivity index (χ3v) is 4.05. The lowest BCUT2D eigenvalue weighted by Crippen LogP contribution is -2.36. The molecule has 0 aliphatic carbocycles. The summed E-state index contributed by atoms with van der Waals surface area (Å²) >= 11 is 0. The lowest BCUT2D eigenvalue weighted by molar-refractivity contribution is 0.0750. The molecule has 24 heavy (non-hydrogen) atoms. The minimum absolute atomic E-state index is 0.322. The van der Waals surface area contributed by atoms with Crippen LogP contribution in [0.25, 0.3) is 0 Å². The summed E-state index contributed by atoms with van der Waals surface area (Å²) in [7, 11) is 1.87. The maximum atomic E-state index is 13.8. The summed E-state index contributed by atoms with van der Waals surface area (Å²) in [5, 5.41) is 4.15. The Kier molecular flexibility index (Phi) is 4.84. The van der Waals surface area contributed by atoms with Crippen LogP contribution in [-0.2, 0) is 13.6 Å². The molecular formula is C16H19F2N5O. The number of amides is 1. The van der Waals surface area contributed by atoms with Crippen LogP contribution >= 0.6 is 0 Å². The first-order chi connectivity index (χ1) is 11.5. The first kappa shape index (κ1) is 16.5. The Balaban J connectivity index is 1.63. The summed E-state index contributed by atoms with van der Waals surface area (Å²) in [5.74, 6) is -2.20. The minimum Gasteiger partial charge on any atom is -0.336 e. The SMILES string of the molecule is Cn1cc(CN2CCCN(C(=O)c3ncc(F)cc3F)CC2)cn1. The largest absolute Gasteiger partial charge is 0.336 e. The number of aryl methyl sites for hydroxylation is 1. The Labute approximate surface area is 138 Å². The van der Waals surface area contributed by atoms with Crippen molar-refractivity contribution in [2.24, 2.45) is 7.05 Å². The fourth-order valence-corrected chi connectivity index (χ4v) is 2.87. The summed E-state index contributed by atoms with van der Waals surface area (Å²) in [4.78, 5) is 19.8. The number of rotatable bonds is 3. The molecule has 0 unspecified atom stereocenters. The predicted octanol–water partition coefficient (Wildman–Crippen LogP) is 1.44. The smallest absolute Gasteiger partial charge is 0.275 e. The Morgan fingerprint density at radius 1 is 1.21 bits per heavy atom. The van der Waals surface area contributed by atoms with Crippen molar-refractivity contribution in [1.29, 1.82) is 0 Å². The zero-order chi connectivity index (χ0) is 17.1. The van der Waals surface area contributed by atoms with Crippen LogP contribution in [0.2, 0.25) is 0 Å². The molecule has 1 aliphatic rings. The molecular weight excluding hydrogens is 316 g/mol. The van der Waals surface area contributed by atoms with E-state index in [-0.39, 0.29) is 5.69 Å². The van der Waals surface area contributed by atoms with Crippen LogP contribution in [0.3, 0.4) is 0 Å². The summed E-state index contributed by atoms with van der Waals surface area (Å²) < 4.78 is 28.4. The molecule has 0 atom stereocenters. The maximum Gasteiger partial charge on any atom is 0.275 e. The molecule has 8 heteroatoms. The molecule has 1 saturated heterocycles. The standard InChI is InChI=1S/C16H19F2N5O/c1-21-10-12(8-20-21)11-22-3-2-4-23(6-5-22)16(24)15-14(18)7-13(17)9-19-15/h7-10H,2-6,11H2,1H3. The highest BCUT2D eigenvalue weighted by Gasteiger charge is 2.24. The van der Waals surface area contributed by atoms with E-state index < -0.39 is 17.5 Å². The molecule has 0 N–H and O–H groups in total. The molecule has 0 bridgehead atoms. The molecule has 1 fully saturated rings. The van der Waals surface area contributed by atoms with Gasteiger partial charge in [-0.05, 0) is 6.42 Å². The first-order valence-electron chi connectivity index (χ1n) is 7.83. The molecule has 3 rings (SSSR count). The van der Waals surface area contributed by atoms with Gasteiger partial charge < -0.3 is 4.90 Å². The molecule has 2 aromatic heterocycles. The van der Waals surface area contributed by atoms with E-state index in [9.17, 15) is 13.6 Å². The minimum atomic E-state index is -0.920. The quantitative estimate of drug-likeness (QED) is 0.852. The van der Waals surface area contributed by atoms with Crippen molar-refractivity contribution in [2.45, 2.75) is 13.0 Å². The van der Waals surface area contributed by atoms with E-state index in [1.54, 1.807) is 9.58 Å². The highest BCUT2D eigenvalue weighted by atomic mass is 19.1. The molecule has 3 heterocycles. The van der Waals surface area contributed by atoms with Crippen LogP contribution in [-0.4, -0.2) is 56.7 Å². The van der Waals surface area contributed by atoms with Gasteiger partial charge in [-0.2, -0.15) is 5.10 Å². The van der Waals surface area contributed by atoms with E-state index in [1.807, 2.05) is 19.4 Å². The average Bonchev–Trinajstić information content (AvgIpc) is 2.80. The molecule has 0 spiro atoms. The Bertz CT molecular complexity index is 733. The van der Waals surface area contributed by atoms with Crippen molar-refractivity contribution in [3.05, 3.63) is 47.5 Å². The van der Waals surface area contributed by atoms with Gasteiger partial charge in [0.05, 0.1) is 12.4 Å². The molecule has 1 aliphatic heterocycles. The number of hydrogen-bond donors (Lipinski definition) is 0. The third kappa shape index (κ3) is 3.76. The van der Waals surface area contributed by atoms with Crippen molar-refractivity contribution < 1.29 is 13.6 Å². The number of carbonyl (C=O) groups excluding carboxylic acids is 1. The van der Waals surface area contributed by atoms with E-state index in [2.05, 4.69) is 15.0 Å². The van der Waals surface area contributed by atoms with Crippen LogP contribution in [0.1, 0.15) is 22.5 Å². The first-order valence-corrected chi connectivity index (χ1v) is 7.83. The van der Waals surface area contributed by atoms with Crippen molar-refractivity contribution >= 4 is 5.91 Å². The summed E-state index contributed by atoms with van der Waals surface area (Å²) in [5.41, 5.74) is 0.792. The van der Waals surface area contributed by atoms with Crippen molar-refractivity contribution in [1.82, 2.24) is 24.6 Å². The summed E-state index contributed by atoms with van der Waals surface area (Å²) in [6, 6.07) is 0.687. The van der Waals surface area contributed by atoms with Gasteiger partial charge in [0.15, 0.2) is 11.5 Å². The second kappa shape index (κ2) is 7.04. The van der Waals surface area contributed by atoms with E-state index in [0.717, 1.165) is 31.3 Å². The van der Waals surface area contributed by atoms with Gasteiger partial charge in [-0.3, -0.25) is 14.4 Å². The molecule has 2 aromatic rings. The molecule has 128 valence electrons. The normalized spacial score (nSPS) is 16.2. The number of carbonyl (C=O) groups is 1. The zero-order valence-corrected chi connectivity index (χ0v) is 13.5. The second-order valence-electron chi connectivity index (χ2n) is 5.93.